The lowest BCUT2D eigenvalue weighted by Crippen LogP contribution is -2.31. The topological polar surface area (TPSA) is 74.8 Å². The summed E-state index contributed by atoms with van der Waals surface area (Å²) in [6, 6.07) is 14.4. The Morgan fingerprint density at radius 1 is 1.14 bits per heavy atom. The molecule has 0 radical (unpaired) electrons. The second kappa shape index (κ2) is 8.21. The largest absolute Gasteiger partial charge is 0.310 e. The maximum atomic E-state index is 13.8. The number of hydrogen-bond acceptors (Lipinski definition) is 4. The lowest BCUT2D eigenvalue weighted by Gasteiger charge is -2.24. The number of rotatable bonds is 5. The molecule has 2 heterocycles. The predicted octanol–water partition coefficient (Wildman–Crippen LogP) is 4.24. The zero-order valence-corrected chi connectivity index (χ0v) is 16.7. The van der Waals surface area contributed by atoms with E-state index in [-0.39, 0.29) is 35.4 Å². The van der Waals surface area contributed by atoms with E-state index < -0.39 is 0 Å². The van der Waals surface area contributed by atoms with E-state index in [2.05, 4.69) is 22.2 Å². The number of nitrogens with zero attached hydrogens (tertiary/aromatic N) is 1. The smallest absolute Gasteiger partial charge is 0.257 e. The molecule has 3 aromatic rings. The van der Waals surface area contributed by atoms with Crippen LogP contribution in [-0.2, 0) is 17.0 Å². The van der Waals surface area contributed by atoms with Crippen LogP contribution in [-0.4, -0.2) is 15.9 Å². The van der Waals surface area contributed by atoms with Crippen molar-refractivity contribution in [2.24, 2.45) is 0 Å². The van der Waals surface area contributed by atoms with E-state index in [1.807, 2.05) is 24.3 Å². The van der Waals surface area contributed by atoms with Gasteiger partial charge in [-0.3, -0.25) is 9.59 Å². The van der Waals surface area contributed by atoms with Crippen LogP contribution < -0.4 is 10.9 Å². The number of H-pyrrole nitrogens is 1. The van der Waals surface area contributed by atoms with Gasteiger partial charge in [0, 0.05) is 18.1 Å². The molecule has 1 unspecified atom stereocenters. The minimum absolute atomic E-state index is 0.176. The van der Waals surface area contributed by atoms with Crippen molar-refractivity contribution in [1.29, 1.82) is 0 Å². The Bertz CT molecular complexity index is 1110. The van der Waals surface area contributed by atoms with Gasteiger partial charge in [-0.25, -0.2) is 9.37 Å². The first-order chi connectivity index (χ1) is 14.0. The lowest BCUT2D eigenvalue weighted by molar-refractivity contribution is -0.116. The van der Waals surface area contributed by atoms with Crippen LogP contribution in [0.3, 0.4) is 0 Å². The number of nitrogens with one attached hydrogen (secondary N) is 2. The van der Waals surface area contributed by atoms with Gasteiger partial charge in [0.25, 0.3) is 5.56 Å². The third-order valence-corrected chi connectivity index (χ3v) is 5.96. The van der Waals surface area contributed by atoms with Crippen LogP contribution in [0, 0.1) is 5.82 Å². The Kier molecular flexibility index (Phi) is 5.49. The van der Waals surface area contributed by atoms with Gasteiger partial charge in [-0.15, -0.1) is 0 Å². The molecular formula is C22H20FN3O2S. The summed E-state index contributed by atoms with van der Waals surface area (Å²) in [7, 11) is 0. The molecule has 4 rings (SSSR count). The molecular weight excluding hydrogens is 389 g/mol. The normalized spacial score (nSPS) is 15.7. The number of amides is 1. The summed E-state index contributed by atoms with van der Waals surface area (Å²) in [5.41, 5.74) is 2.81. The minimum Gasteiger partial charge on any atom is -0.310 e. The zero-order chi connectivity index (χ0) is 20.4. The highest BCUT2D eigenvalue weighted by molar-refractivity contribution is 7.98. The third-order valence-electron chi connectivity index (χ3n) is 5.04. The van der Waals surface area contributed by atoms with Crippen molar-refractivity contribution >= 4 is 23.5 Å². The van der Waals surface area contributed by atoms with Gasteiger partial charge in [0.2, 0.25) is 5.91 Å². The highest BCUT2D eigenvalue weighted by Gasteiger charge is 2.30. The highest BCUT2D eigenvalue weighted by Crippen LogP contribution is 2.34. The third kappa shape index (κ3) is 4.10. The number of aromatic amines is 1. The van der Waals surface area contributed by atoms with Crippen molar-refractivity contribution in [3.8, 4) is 0 Å². The number of carbonyl (C=O) groups excluding carboxylic acids is 1. The Hall–Kier alpha value is -2.93. The Labute approximate surface area is 171 Å². The summed E-state index contributed by atoms with van der Waals surface area (Å²) < 4.78 is 13.8. The average Bonchev–Trinajstić information content (AvgIpc) is 2.72. The molecule has 0 saturated carbocycles. The molecule has 1 aliphatic heterocycles. The summed E-state index contributed by atoms with van der Waals surface area (Å²) in [5, 5.41) is 3.06. The first kappa shape index (κ1) is 19.4. The highest BCUT2D eigenvalue weighted by atomic mass is 32.2. The van der Waals surface area contributed by atoms with Gasteiger partial charge >= 0.3 is 0 Å². The number of benzene rings is 2. The van der Waals surface area contributed by atoms with E-state index >= 15 is 0 Å². The molecule has 0 spiro atoms. The first-order valence-electron chi connectivity index (χ1n) is 9.44. The minimum atomic E-state index is -0.341. The summed E-state index contributed by atoms with van der Waals surface area (Å²) in [5.74, 6) is -0.212. The number of aromatic nitrogens is 2. The van der Waals surface area contributed by atoms with Gasteiger partial charge in [0.05, 0.1) is 5.56 Å². The number of fused-ring (bicyclic) bond motifs is 1. The summed E-state index contributed by atoms with van der Waals surface area (Å²) >= 11 is 1.22. The van der Waals surface area contributed by atoms with Crippen LogP contribution in [0.4, 0.5) is 10.2 Å². The summed E-state index contributed by atoms with van der Waals surface area (Å²) in [6.07, 6.45) is 1.12. The van der Waals surface area contributed by atoms with Gasteiger partial charge in [0.1, 0.15) is 11.6 Å². The lowest BCUT2D eigenvalue weighted by atomic mass is 9.86. The standard InChI is InChI=1S/C22H20FN3O2S/c1-2-13-7-9-14(10-8-13)16-11-18(27)24-20-19(16)21(28)26-22(25-20)29-12-15-5-3-4-6-17(15)23/h3-10,16H,2,11-12H2,1H3,(H2,24,25,26,27,28). The Morgan fingerprint density at radius 2 is 1.90 bits per heavy atom. The van der Waals surface area contributed by atoms with Crippen LogP contribution >= 0.6 is 11.8 Å². The van der Waals surface area contributed by atoms with Gasteiger partial charge in [0.15, 0.2) is 5.16 Å². The molecule has 0 aliphatic carbocycles. The van der Waals surface area contributed by atoms with E-state index in [1.54, 1.807) is 18.2 Å². The maximum Gasteiger partial charge on any atom is 0.257 e. The SMILES string of the molecule is CCc1ccc(C2CC(=O)Nc3nc(SCc4ccccc4F)[nH]c(=O)c32)cc1. The van der Waals surface area contributed by atoms with Crippen molar-refractivity contribution < 1.29 is 9.18 Å². The predicted molar refractivity (Wildman–Crippen MR) is 112 cm³/mol. The molecule has 29 heavy (non-hydrogen) atoms. The fourth-order valence-corrected chi connectivity index (χ4v) is 4.30. The number of hydrogen-bond donors (Lipinski definition) is 2. The van der Waals surface area contributed by atoms with E-state index in [0.717, 1.165) is 12.0 Å². The van der Waals surface area contributed by atoms with Gasteiger partial charge in [-0.05, 0) is 29.2 Å². The maximum absolute atomic E-state index is 13.8. The molecule has 2 N–H and O–H groups in total. The molecule has 1 amide bonds. The molecule has 7 heteroatoms. The number of carbonyl (C=O) groups is 1. The van der Waals surface area contributed by atoms with Gasteiger partial charge in [-0.2, -0.15) is 0 Å². The van der Waals surface area contributed by atoms with Crippen LogP contribution in [0.15, 0.2) is 58.5 Å². The summed E-state index contributed by atoms with van der Waals surface area (Å²) in [6.45, 7) is 2.08. The molecule has 1 aliphatic rings. The Morgan fingerprint density at radius 3 is 2.62 bits per heavy atom. The first-order valence-corrected chi connectivity index (χ1v) is 10.4. The van der Waals surface area contributed by atoms with E-state index in [4.69, 9.17) is 0 Å². The number of thioether (sulfide) groups is 1. The Balaban J connectivity index is 1.64. The second-order valence-corrected chi connectivity index (χ2v) is 7.88. The van der Waals surface area contributed by atoms with Crippen LogP contribution in [0.5, 0.6) is 0 Å². The van der Waals surface area contributed by atoms with Crippen molar-refractivity contribution in [1.82, 2.24) is 9.97 Å². The molecule has 1 aromatic heterocycles. The quantitative estimate of drug-likeness (QED) is 0.488. The molecule has 1 atom stereocenters. The average molecular weight is 409 g/mol. The van der Waals surface area contributed by atoms with Gasteiger partial charge in [-0.1, -0.05) is 61.2 Å². The van der Waals surface area contributed by atoms with Crippen molar-refractivity contribution in [3.05, 3.63) is 87.0 Å². The van der Waals surface area contributed by atoms with Crippen LogP contribution in [0.1, 0.15) is 41.5 Å². The van der Waals surface area contributed by atoms with Crippen molar-refractivity contribution in [2.75, 3.05) is 5.32 Å². The van der Waals surface area contributed by atoms with Crippen LogP contribution in [0.25, 0.3) is 0 Å². The van der Waals surface area contributed by atoms with E-state index in [9.17, 15) is 14.0 Å². The number of aryl methyl sites for hydroxylation is 1. The molecule has 2 aromatic carbocycles. The summed E-state index contributed by atoms with van der Waals surface area (Å²) in [4.78, 5) is 32.3. The fraction of sp³-hybridized carbons (Fsp3) is 0.227. The van der Waals surface area contributed by atoms with Crippen LogP contribution in [0.2, 0.25) is 0 Å². The second-order valence-electron chi connectivity index (χ2n) is 6.91. The number of halogens is 1. The molecule has 0 bridgehead atoms. The number of anilines is 1. The van der Waals surface area contributed by atoms with E-state index in [1.165, 1.54) is 23.4 Å². The molecule has 0 saturated heterocycles. The fourth-order valence-electron chi connectivity index (χ4n) is 3.45. The van der Waals surface area contributed by atoms with Crippen molar-refractivity contribution in [3.63, 3.8) is 0 Å². The van der Waals surface area contributed by atoms with Gasteiger partial charge < -0.3 is 10.3 Å². The molecule has 0 fully saturated rings. The molecule has 5 nitrogen and oxygen atoms in total. The molecule has 148 valence electrons. The zero-order valence-electron chi connectivity index (χ0n) is 15.9. The van der Waals surface area contributed by atoms with Crippen molar-refractivity contribution in [2.45, 2.75) is 36.6 Å². The van der Waals surface area contributed by atoms with E-state index in [0.29, 0.717) is 22.0 Å². The monoisotopic (exact) mass is 409 g/mol.